The average Bonchev–Trinajstić information content (AvgIpc) is 2.84. The Morgan fingerprint density at radius 3 is 2.28 bits per heavy atom. The van der Waals surface area contributed by atoms with Crippen molar-refractivity contribution in [2.24, 2.45) is 0 Å². The van der Waals surface area contributed by atoms with Crippen molar-refractivity contribution in [3.63, 3.8) is 0 Å². The predicted molar refractivity (Wildman–Crippen MR) is 137 cm³/mol. The predicted octanol–water partition coefficient (Wildman–Crippen LogP) is 5.79. The van der Waals surface area contributed by atoms with E-state index in [1.807, 2.05) is 18.4 Å². The minimum absolute atomic E-state index is 0.171. The lowest BCUT2D eigenvalue weighted by Gasteiger charge is -2.40. The SMILES string of the molecule is CCC.CSc1ccc(NC2(C)CCN(C(=O)CNC(=O)c3cc(OC(F)F)ccc3F)CC2)cc1. The maximum absolute atomic E-state index is 13.9. The van der Waals surface area contributed by atoms with Gasteiger partial charge in [0.2, 0.25) is 5.91 Å². The topological polar surface area (TPSA) is 70.7 Å². The molecule has 10 heteroatoms. The first-order valence-electron chi connectivity index (χ1n) is 11.8. The molecule has 6 nitrogen and oxygen atoms in total. The van der Waals surface area contributed by atoms with Crippen molar-refractivity contribution in [1.29, 1.82) is 0 Å². The van der Waals surface area contributed by atoms with E-state index in [2.05, 4.69) is 48.3 Å². The molecule has 0 unspecified atom stereocenters. The normalized spacial score (nSPS) is 14.5. The number of halogens is 3. The molecule has 2 amide bonds. The molecule has 1 aliphatic heterocycles. The number of rotatable bonds is 8. The first kappa shape index (κ1) is 29.4. The number of carbonyl (C=O) groups excluding carboxylic acids is 2. The summed E-state index contributed by atoms with van der Waals surface area (Å²) in [6, 6.07) is 10.9. The van der Waals surface area contributed by atoms with E-state index < -0.39 is 23.9 Å². The van der Waals surface area contributed by atoms with E-state index in [1.165, 1.54) is 11.3 Å². The van der Waals surface area contributed by atoms with E-state index in [1.54, 1.807) is 16.7 Å². The lowest BCUT2D eigenvalue weighted by Crippen LogP contribution is -2.51. The number of piperidine rings is 1. The third-order valence-electron chi connectivity index (χ3n) is 5.56. The monoisotopic (exact) mass is 525 g/mol. The van der Waals surface area contributed by atoms with Gasteiger partial charge >= 0.3 is 6.61 Å². The number of benzene rings is 2. The minimum Gasteiger partial charge on any atom is -0.435 e. The average molecular weight is 526 g/mol. The van der Waals surface area contributed by atoms with E-state index in [9.17, 15) is 22.8 Å². The Balaban J connectivity index is 0.00000145. The number of likely N-dealkylation sites (tertiary alicyclic amines) is 1. The summed E-state index contributed by atoms with van der Waals surface area (Å²) in [7, 11) is 0. The Bertz CT molecular complexity index is 998. The number of amides is 2. The van der Waals surface area contributed by atoms with E-state index in [0.29, 0.717) is 13.1 Å². The number of nitrogens with one attached hydrogen (secondary N) is 2. The molecule has 0 bridgehead atoms. The molecule has 0 atom stereocenters. The fourth-order valence-corrected chi connectivity index (χ4v) is 4.02. The molecule has 2 N–H and O–H groups in total. The summed E-state index contributed by atoms with van der Waals surface area (Å²) in [5.41, 5.74) is 0.376. The Labute approximate surface area is 215 Å². The van der Waals surface area contributed by atoms with Crippen molar-refractivity contribution in [2.45, 2.75) is 57.1 Å². The molecule has 3 rings (SSSR count). The highest BCUT2D eigenvalue weighted by atomic mass is 32.2. The lowest BCUT2D eigenvalue weighted by atomic mass is 9.89. The molecule has 36 heavy (non-hydrogen) atoms. The third-order valence-corrected chi connectivity index (χ3v) is 6.31. The van der Waals surface area contributed by atoms with Crippen LogP contribution in [-0.4, -0.2) is 54.8 Å². The molecule has 1 fully saturated rings. The minimum atomic E-state index is -3.10. The van der Waals surface area contributed by atoms with Crippen LogP contribution in [0.4, 0.5) is 18.9 Å². The van der Waals surface area contributed by atoms with Gasteiger partial charge in [0, 0.05) is 29.2 Å². The van der Waals surface area contributed by atoms with Gasteiger partial charge in [-0.25, -0.2) is 4.39 Å². The van der Waals surface area contributed by atoms with E-state index in [-0.39, 0.29) is 23.7 Å². The zero-order valence-electron chi connectivity index (χ0n) is 21.1. The van der Waals surface area contributed by atoms with Crippen LogP contribution in [0.5, 0.6) is 5.75 Å². The molecule has 0 saturated carbocycles. The molecule has 2 aromatic rings. The van der Waals surface area contributed by atoms with Gasteiger partial charge < -0.3 is 20.3 Å². The summed E-state index contributed by atoms with van der Waals surface area (Å²) in [5, 5.41) is 5.90. The summed E-state index contributed by atoms with van der Waals surface area (Å²) in [6.07, 6.45) is 4.71. The van der Waals surface area contributed by atoms with Crippen LogP contribution in [0.2, 0.25) is 0 Å². The summed E-state index contributed by atoms with van der Waals surface area (Å²) >= 11 is 1.68. The van der Waals surface area contributed by atoms with Crippen LogP contribution < -0.4 is 15.4 Å². The van der Waals surface area contributed by atoms with Gasteiger partial charge in [-0.2, -0.15) is 8.78 Å². The Morgan fingerprint density at radius 1 is 1.11 bits per heavy atom. The molecule has 0 aromatic heterocycles. The summed E-state index contributed by atoms with van der Waals surface area (Å²) < 4.78 is 42.8. The smallest absolute Gasteiger partial charge is 0.387 e. The molecule has 1 aliphatic rings. The van der Waals surface area contributed by atoms with E-state index in [4.69, 9.17) is 0 Å². The number of anilines is 1. The van der Waals surface area contributed by atoms with Crippen LogP contribution in [0.3, 0.4) is 0 Å². The summed E-state index contributed by atoms with van der Waals surface area (Å²) in [5.74, 6) is -2.41. The zero-order chi connectivity index (χ0) is 26.7. The first-order chi connectivity index (χ1) is 17.1. The number of ether oxygens (including phenoxy) is 1. The maximum Gasteiger partial charge on any atom is 0.387 e. The van der Waals surface area contributed by atoms with Gasteiger partial charge in [0.1, 0.15) is 11.6 Å². The second-order valence-corrected chi connectivity index (χ2v) is 9.58. The van der Waals surface area contributed by atoms with E-state index in [0.717, 1.165) is 36.7 Å². The molecule has 2 aromatic carbocycles. The van der Waals surface area contributed by atoms with Crippen LogP contribution in [0.15, 0.2) is 47.4 Å². The van der Waals surface area contributed by atoms with Crippen molar-refractivity contribution < 1.29 is 27.5 Å². The van der Waals surface area contributed by atoms with Crippen molar-refractivity contribution >= 4 is 29.3 Å². The molecular weight excluding hydrogens is 491 g/mol. The highest BCUT2D eigenvalue weighted by molar-refractivity contribution is 7.98. The number of thioether (sulfide) groups is 1. The number of carbonyl (C=O) groups is 2. The quantitative estimate of drug-likeness (QED) is 0.427. The fourth-order valence-electron chi connectivity index (χ4n) is 3.61. The Hall–Kier alpha value is -2.88. The number of nitrogens with zero attached hydrogens (tertiary/aromatic N) is 1. The van der Waals surface area contributed by atoms with E-state index >= 15 is 0 Å². The summed E-state index contributed by atoms with van der Waals surface area (Å²) in [6.45, 7) is 3.96. The third kappa shape index (κ3) is 8.96. The molecule has 1 heterocycles. The van der Waals surface area contributed by atoms with Crippen molar-refractivity contribution in [1.82, 2.24) is 10.2 Å². The van der Waals surface area contributed by atoms with Gasteiger partial charge in [-0.3, -0.25) is 9.59 Å². The van der Waals surface area contributed by atoms with Gasteiger partial charge in [0.05, 0.1) is 12.1 Å². The Morgan fingerprint density at radius 2 is 1.72 bits per heavy atom. The van der Waals surface area contributed by atoms with Gasteiger partial charge in [-0.05, 0) is 68.5 Å². The maximum atomic E-state index is 13.9. The van der Waals surface area contributed by atoms with Gasteiger partial charge in [0.15, 0.2) is 0 Å². The standard InChI is InChI=1S/C23H26F3N3O3S.C3H8/c1-23(28-15-3-6-17(33-2)7-4-15)9-11-29(12-10-23)20(30)14-27-21(31)18-13-16(32-22(25)26)5-8-19(18)24;1-3-2/h3-8,13,22,28H,9-12,14H2,1-2H3,(H,27,31);3H2,1-2H3. The highest BCUT2D eigenvalue weighted by Crippen LogP contribution is 2.28. The molecule has 1 saturated heterocycles. The van der Waals surface area contributed by atoms with Gasteiger partial charge in [-0.15, -0.1) is 11.8 Å². The highest BCUT2D eigenvalue weighted by Gasteiger charge is 2.32. The summed E-state index contributed by atoms with van der Waals surface area (Å²) in [4.78, 5) is 27.6. The second-order valence-electron chi connectivity index (χ2n) is 8.70. The van der Waals surface area contributed by atoms with Crippen molar-refractivity contribution in [3.05, 3.63) is 53.8 Å². The van der Waals surface area contributed by atoms with Crippen LogP contribution in [-0.2, 0) is 4.79 Å². The van der Waals surface area contributed by atoms with Crippen LogP contribution in [0.1, 0.15) is 50.4 Å². The second kappa shape index (κ2) is 14.0. The number of alkyl halides is 2. The molecular formula is C26H34F3N3O3S. The van der Waals surface area contributed by atoms with Crippen LogP contribution in [0, 0.1) is 5.82 Å². The zero-order valence-corrected chi connectivity index (χ0v) is 21.9. The Kier molecular flexibility index (Phi) is 11.4. The van der Waals surface area contributed by atoms with Crippen LogP contribution in [0.25, 0.3) is 0 Å². The molecule has 0 spiro atoms. The van der Waals surface area contributed by atoms with Gasteiger partial charge in [-0.1, -0.05) is 20.3 Å². The van der Waals surface area contributed by atoms with Crippen molar-refractivity contribution in [2.75, 3.05) is 31.2 Å². The number of hydrogen-bond acceptors (Lipinski definition) is 5. The largest absolute Gasteiger partial charge is 0.435 e. The molecule has 0 radical (unpaired) electrons. The van der Waals surface area contributed by atoms with Gasteiger partial charge in [0.25, 0.3) is 5.91 Å². The molecule has 198 valence electrons. The van der Waals surface area contributed by atoms with Crippen LogP contribution >= 0.6 is 11.8 Å². The van der Waals surface area contributed by atoms with Crippen molar-refractivity contribution in [3.8, 4) is 5.75 Å². The molecule has 0 aliphatic carbocycles. The fraction of sp³-hybridized carbons (Fsp3) is 0.462. The number of hydrogen-bond donors (Lipinski definition) is 2. The lowest BCUT2D eigenvalue weighted by molar-refractivity contribution is -0.131. The first-order valence-corrected chi connectivity index (χ1v) is 13.1.